The Morgan fingerprint density at radius 2 is 1.27 bits per heavy atom. The largest absolute Gasteiger partial charge is 3.00 e. The standard InChI is InChI=1S/C34H34N4O4.C6H5.Fe/c1-7-21-17(3)25-13-26-19(5)23(9-11-33(39)40)31(37-26)16-32-24(10-12-34(41)42)20(6)28(38-32)15-30-22(8-2)18(4)27(36-30)14-29(21)35-25;1-2-4-6-5-3-1;/h7-8,13-16H,1-2,9-12H2,3-6H3,(H4,35,36,37,38,39,40,41,42);1-5H;/q;-1;+3/p-2. The van der Waals surface area contributed by atoms with Crippen molar-refractivity contribution in [2.75, 3.05) is 0 Å². The molecule has 249 valence electrons. The van der Waals surface area contributed by atoms with Crippen molar-refractivity contribution in [3.63, 3.8) is 0 Å². The van der Waals surface area contributed by atoms with Gasteiger partial charge in [0.05, 0.1) is 22.8 Å². The average Bonchev–Trinajstić information content (AvgIpc) is 3.72. The van der Waals surface area contributed by atoms with Crippen LogP contribution in [-0.2, 0) is 33.1 Å². The molecule has 4 aromatic rings. The van der Waals surface area contributed by atoms with Crippen LogP contribution in [0.5, 0.6) is 0 Å². The van der Waals surface area contributed by atoms with Crippen LogP contribution < -0.4 is 9.97 Å². The summed E-state index contributed by atoms with van der Waals surface area (Å²) in [5.41, 5.74) is 12.6. The summed E-state index contributed by atoms with van der Waals surface area (Å²) in [6.45, 7) is 15.9. The Morgan fingerprint density at radius 1 is 0.714 bits per heavy atom. The molecule has 0 amide bonds. The Kier molecular flexibility index (Phi) is 11.8. The fourth-order valence-corrected chi connectivity index (χ4v) is 5.95. The molecule has 0 unspecified atom stereocenters. The average molecular weight is 694 g/mol. The van der Waals surface area contributed by atoms with Gasteiger partial charge in [-0.25, -0.2) is 9.97 Å². The molecule has 0 aliphatic carbocycles. The number of hydrogen-bond donors (Lipinski definition) is 2. The molecule has 6 rings (SSSR count). The second-order valence-electron chi connectivity index (χ2n) is 11.7. The van der Waals surface area contributed by atoms with Crippen LogP contribution in [-0.4, -0.2) is 32.1 Å². The summed E-state index contributed by atoms with van der Waals surface area (Å²) in [6, 6.07) is 20.1. The van der Waals surface area contributed by atoms with Crippen LogP contribution in [0, 0.1) is 19.9 Å². The molecule has 9 heteroatoms. The molecule has 2 aliphatic rings. The van der Waals surface area contributed by atoms with Crippen molar-refractivity contribution in [1.82, 2.24) is 19.9 Å². The van der Waals surface area contributed by atoms with Gasteiger partial charge in [0.1, 0.15) is 0 Å². The van der Waals surface area contributed by atoms with Gasteiger partial charge >= 0.3 is 29.0 Å². The van der Waals surface area contributed by atoms with Crippen LogP contribution in [0.25, 0.3) is 50.4 Å². The van der Waals surface area contributed by atoms with E-state index < -0.39 is 11.9 Å². The van der Waals surface area contributed by atoms with Crippen molar-refractivity contribution in [3.05, 3.63) is 125 Å². The number of benzene rings is 1. The Labute approximate surface area is 296 Å². The number of fused-ring (bicyclic) bond motifs is 8. The molecule has 2 aliphatic heterocycles. The van der Waals surface area contributed by atoms with Crippen molar-refractivity contribution in [3.8, 4) is 0 Å². The van der Waals surface area contributed by atoms with E-state index in [-0.39, 0.29) is 29.9 Å². The van der Waals surface area contributed by atoms with Crippen LogP contribution in [0.3, 0.4) is 0 Å². The number of allylic oxidation sites excluding steroid dienone is 5. The number of carboxylic acid groups (broad SMARTS) is 2. The minimum atomic E-state index is -0.898. The van der Waals surface area contributed by atoms with Gasteiger partial charge in [-0.1, -0.05) is 66.3 Å². The predicted molar refractivity (Wildman–Crippen MR) is 192 cm³/mol. The van der Waals surface area contributed by atoms with Crippen LogP contribution >= 0.6 is 0 Å². The molecule has 2 N–H and O–H groups in total. The molecule has 0 saturated heterocycles. The second-order valence-corrected chi connectivity index (χ2v) is 11.7. The predicted octanol–water partition coefficient (Wildman–Crippen LogP) is 8.25. The van der Waals surface area contributed by atoms with E-state index in [4.69, 9.17) is 19.9 Å². The van der Waals surface area contributed by atoms with Crippen molar-refractivity contribution in [1.29, 1.82) is 0 Å². The third-order valence-corrected chi connectivity index (χ3v) is 8.67. The summed E-state index contributed by atoms with van der Waals surface area (Å²) >= 11 is 0. The molecule has 8 bridgehead atoms. The van der Waals surface area contributed by atoms with Gasteiger partial charge in [0.25, 0.3) is 0 Å². The molecule has 1 aromatic carbocycles. The first-order valence-corrected chi connectivity index (χ1v) is 15.7. The monoisotopic (exact) mass is 693 g/mol. The number of carboxylic acids is 2. The molecule has 49 heavy (non-hydrogen) atoms. The SMILES string of the molecule is C=CC1=C(C)c2cc3[n-]c(cc4nc(cc5[n-]c(cc1n2)c(C)c5CCC(=O)O)C(CCC(=O)O)=C4C)c(C)c3C=C.[Fe+3].[c-]1ccccc1. The van der Waals surface area contributed by atoms with Gasteiger partial charge in [-0.2, -0.15) is 36.4 Å². The zero-order valence-electron chi connectivity index (χ0n) is 27.9. The van der Waals surface area contributed by atoms with Crippen molar-refractivity contribution < 1.29 is 36.9 Å². The topological polar surface area (TPSA) is 129 Å². The zero-order chi connectivity index (χ0) is 34.5. The van der Waals surface area contributed by atoms with Gasteiger partial charge in [0, 0.05) is 18.4 Å². The molecule has 5 heterocycles. The first-order chi connectivity index (χ1) is 23.0. The molecule has 8 nitrogen and oxygen atoms in total. The van der Waals surface area contributed by atoms with Crippen LogP contribution in [0.15, 0.2) is 73.8 Å². The van der Waals surface area contributed by atoms with Gasteiger partial charge in [-0.15, -0.1) is 22.1 Å². The molecule has 1 radical (unpaired) electrons. The molecule has 0 atom stereocenters. The summed E-state index contributed by atoms with van der Waals surface area (Å²) in [4.78, 5) is 42.7. The Morgan fingerprint density at radius 3 is 1.86 bits per heavy atom. The third-order valence-electron chi connectivity index (χ3n) is 8.67. The van der Waals surface area contributed by atoms with E-state index in [1.807, 2.05) is 82.3 Å². The number of hydrogen-bond acceptors (Lipinski definition) is 4. The molecule has 0 fully saturated rings. The summed E-state index contributed by atoms with van der Waals surface area (Å²) in [6.07, 6.45) is 4.06. The first kappa shape index (κ1) is 36.6. The van der Waals surface area contributed by atoms with Gasteiger partial charge < -0.3 is 20.2 Å². The van der Waals surface area contributed by atoms with E-state index in [9.17, 15) is 19.8 Å². The van der Waals surface area contributed by atoms with Crippen molar-refractivity contribution >= 4 is 62.4 Å². The zero-order valence-corrected chi connectivity index (χ0v) is 29.1. The molecule has 3 aromatic heterocycles. The van der Waals surface area contributed by atoms with E-state index in [0.29, 0.717) is 41.0 Å². The minimum Gasteiger partial charge on any atom is -0.657 e. The maximum absolute atomic E-state index is 11.5. The van der Waals surface area contributed by atoms with Crippen LogP contribution in [0.2, 0.25) is 0 Å². The maximum Gasteiger partial charge on any atom is 3.00 e. The summed E-state index contributed by atoms with van der Waals surface area (Å²) < 4.78 is 0. The number of carbonyl (C=O) groups is 2. The smallest absolute Gasteiger partial charge is 0.657 e. The summed E-state index contributed by atoms with van der Waals surface area (Å²) in [5, 5.41) is 18.9. The van der Waals surface area contributed by atoms with Gasteiger partial charge in [0.2, 0.25) is 0 Å². The molecule has 0 spiro atoms. The number of aryl methyl sites for hydroxylation is 3. The van der Waals surface area contributed by atoms with E-state index in [2.05, 4.69) is 19.2 Å². The van der Waals surface area contributed by atoms with Gasteiger partial charge in [0.15, 0.2) is 0 Å². The number of nitrogens with zero attached hydrogens (tertiary/aromatic N) is 4. The second kappa shape index (κ2) is 15.8. The maximum atomic E-state index is 11.5. The van der Waals surface area contributed by atoms with Crippen molar-refractivity contribution in [2.24, 2.45) is 0 Å². The van der Waals surface area contributed by atoms with E-state index in [1.165, 1.54) is 0 Å². The van der Waals surface area contributed by atoms with E-state index in [0.717, 1.165) is 61.3 Å². The fourth-order valence-electron chi connectivity index (χ4n) is 5.95. The Balaban J connectivity index is 0.000000698. The van der Waals surface area contributed by atoms with Crippen LogP contribution in [0.1, 0.15) is 78.1 Å². The number of rotatable bonds is 8. The Bertz CT molecular complexity index is 2140. The number of aliphatic carboxylic acids is 2. The minimum absolute atomic E-state index is 0. The Hall–Kier alpha value is -5.24. The first-order valence-electron chi connectivity index (χ1n) is 15.7. The van der Waals surface area contributed by atoms with E-state index >= 15 is 0 Å². The van der Waals surface area contributed by atoms with Gasteiger partial charge in [-0.3, -0.25) is 9.59 Å². The van der Waals surface area contributed by atoms with E-state index in [1.54, 1.807) is 12.2 Å². The molecular weight excluding hydrogens is 656 g/mol. The van der Waals surface area contributed by atoms with Crippen LogP contribution in [0.4, 0.5) is 0 Å². The third kappa shape index (κ3) is 7.91. The summed E-state index contributed by atoms with van der Waals surface area (Å²) in [5.74, 6) is -1.80. The quantitative estimate of drug-likeness (QED) is 0.140. The normalized spacial score (nSPS) is 12.2. The van der Waals surface area contributed by atoms with Crippen molar-refractivity contribution in [2.45, 2.75) is 53.4 Å². The number of aromatic nitrogens is 4. The molecular formula is C40H37FeN4O4. The molecule has 0 saturated carbocycles. The van der Waals surface area contributed by atoms with Gasteiger partial charge in [-0.05, 0) is 62.8 Å². The summed E-state index contributed by atoms with van der Waals surface area (Å²) in [7, 11) is 0. The fraction of sp³-hybridized carbons (Fsp3) is 0.200.